The van der Waals surface area contributed by atoms with E-state index in [1.54, 1.807) is 6.07 Å². The molecule has 1 amide bonds. The van der Waals surface area contributed by atoms with E-state index in [1.165, 1.54) is 25.5 Å². The van der Waals surface area contributed by atoms with Gasteiger partial charge in [0.2, 0.25) is 5.91 Å². The van der Waals surface area contributed by atoms with Crippen molar-refractivity contribution < 1.29 is 14.5 Å². The summed E-state index contributed by atoms with van der Waals surface area (Å²) >= 11 is 0. The molecule has 0 aliphatic heterocycles. The summed E-state index contributed by atoms with van der Waals surface area (Å²) in [6.07, 6.45) is 4.66. The van der Waals surface area contributed by atoms with Crippen molar-refractivity contribution in [3.05, 3.63) is 33.9 Å². The van der Waals surface area contributed by atoms with Crippen LogP contribution in [0, 0.1) is 10.1 Å². The summed E-state index contributed by atoms with van der Waals surface area (Å²) in [6, 6.07) is 4.45. The average Bonchev–Trinajstić information content (AvgIpc) is 2.47. The van der Waals surface area contributed by atoms with Crippen LogP contribution in [-0.4, -0.2) is 24.2 Å². The molecule has 0 bridgehead atoms. The van der Waals surface area contributed by atoms with Gasteiger partial charge in [-0.2, -0.15) is 5.10 Å². The van der Waals surface area contributed by atoms with E-state index >= 15 is 0 Å². The highest BCUT2D eigenvalue weighted by atomic mass is 16.6. The lowest BCUT2D eigenvalue weighted by molar-refractivity contribution is -0.385. The monoisotopic (exact) mass is 293 g/mol. The number of hydrogen-bond donors (Lipinski definition) is 1. The van der Waals surface area contributed by atoms with Crippen molar-refractivity contribution in [2.75, 3.05) is 7.11 Å². The first-order valence-corrected chi connectivity index (χ1v) is 6.72. The molecule has 21 heavy (non-hydrogen) atoms. The van der Waals surface area contributed by atoms with E-state index in [0.717, 1.165) is 19.3 Å². The van der Waals surface area contributed by atoms with E-state index in [-0.39, 0.29) is 17.3 Å². The molecule has 0 saturated carbocycles. The molecular weight excluding hydrogens is 274 g/mol. The molecule has 0 aliphatic rings. The van der Waals surface area contributed by atoms with Crippen molar-refractivity contribution in [3.63, 3.8) is 0 Å². The summed E-state index contributed by atoms with van der Waals surface area (Å²) in [5.41, 5.74) is 2.76. The van der Waals surface area contributed by atoms with Gasteiger partial charge in [-0.3, -0.25) is 14.9 Å². The van der Waals surface area contributed by atoms with Crippen LogP contribution < -0.4 is 10.2 Å². The molecule has 0 radical (unpaired) electrons. The summed E-state index contributed by atoms with van der Waals surface area (Å²) in [5.74, 6) is 0.0171. The number of carbonyl (C=O) groups excluding carboxylic acids is 1. The number of nitrogens with one attached hydrogen (secondary N) is 1. The lowest BCUT2D eigenvalue weighted by atomic mass is 10.2. The maximum Gasteiger partial charge on any atom is 0.311 e. The Kier molecular flexibility index (Phi) is 6.86. The van der Waals surface area contributed by atoms with Gasteiger partial charge in [-0.15, -0.1) is 0 Å². The molecule has 0 saturated heterocycles. The minimum atomic E-state index is -0.528. The van der Waals surface area contributed by atoms with Crippen molar-refractivity contribution >= 4 is 17.8 Å². The number of amides is 1. The van der Waals surface area contributed by atoms with E-state index < -0.39 is 4.92 Å². The second kappa shape index (κ2) is 8.68. The van der Waals surface area contributed by atoms with Crippen LogP contribution in [0.3, 0.4) is 0 Å². The van der Waals surface area contributed by atoms with Gasteiger partial charge in [-0.25, -0.2) is 5.43 Å². The topological polar surface area (TPSA) is 93.8 Å². The zero-order chi connectivity index (χ0) is 15.7. The Morgan fingerprint density at radius 3 is 2.86 bits per heavy atom. The van der Waals surface area contributed by atoms with Crippen LogP contribution in [-0.2, 0) is 4.79 Å². The number of nitro benzene ring substituents is 1. The van der Waals surface area contributed by atoms with Crippen LogP contribution >= 0.6 is 0 Å². The second-order valence-corrected chi connectivity index (χ2v) is 4.44. The lowest BCUT2D eigenvalue weighted by Crippen LogP contribution is -2.16. The van der Waals surface area contributed by atoms with Crippen LogP contribution in [0.5, 0.6) is 5.75 Å². The van der Waals surface area contributed by atoms with Crippen LogP contribution in [0.4, 0.5) is 5.69 Å². The van der Waals surface area contributed by atoms with E-state index in [0.29, 0.717) is 12.0 Å². The van der Waals surface area contributed by atoms with Gasteiger partial charge in [0.05, 0.1) is 18.2 Å². The normalized spacial score (nSPS) is 10.6. The fraction of sp³-hybridized carbons (Fsp3) is 0.429. The smallest absolute Gasteiger partial charge is 0.311 e. The quantitative estimate of drug-likeness (QED) is 0.345. The minimum Gasteiger partial charge on any atom is -0.490 e. The molecule has 1 aromatic carbocycles. The number of nitro groups is 1. The molecule has 7 heteroatoms. The summed E-state index contributed by atoms with van der Waals surface area (Å²) < 4.78 is 4.90. The van der Waals surface area contributed by atoms with Crippen LogP contribution in [0.1, 0.15) is 38.2 Å². The molecule has 114 valence electrons. The van der Waals surface area contributed by atoms with Gasteiger partial charge in [0.15, 0.2) is 5.75 Å². The van der Waals surface area contributed by atoms with Gasteiger partial charge >= 0.3 is 5.69 Å². The summed E-state index contributed by atoms with van der Waals surface area (Å²) in [4.78, 5) is 21.8. The zero-order valence-corrected chi connectivity index (χ0v) is 12.2. The van der Waals surface area contributed by atoms with E-state index in [9.17, 15) is 14.9 Å². The van der Waals surface area contributed by atoms with Crippen molar-refractivity contribution in [2.45, 2.75) is 32.6 Å². The third-order valence-corrected chi connectivity index (χ3v) is 2.81. The van der Waals surface area contributed by atoms with Gasteiger partial charge in [0, 0.05) is 18.1 Å². The molecule has 0 heterocycles. The van der Waals surface area contributed by atoms with E-state index in [1.807, 2.05) is 0 Å². The number of benzene rings is 1. The largest absolute Gasteiger partial charge is 0.490 e. The highest BCUT2D eigenvalue weighted by Crippen LogP contribution is 2.26. The van der Waals surface area contributed by atoms with Gasteiger partial charge in [-0.1, -0.05) is 19.8 Å². The first-order valence-electron chi connectivity index (χ1n) is 6.72. The van der Waals surface area contributed by atoms with E-state index in [4.69, 9.17) is 4.74 Å². The molecule has 1 rings (SSSR count). The zero-order valence-electron chi connectivity index (χ0n) is 12.2. The maximum atomic E-state index is 11.4. The number of unbranched alkanes of at least 4 members (excludes halogenated alkanes) is 2. The van der Waals surface area contributed by atoms with Gasteiger partial charge in [-0.05, 0) is 18.6 Å². The Hall–Kier alpha value is -2.44. The number of hydrogen-bond acceptors (Lipinski definition) is 5. The third kappa shape index (κ3) is 5.60. The molecule has 1 aromatic rings. The van der Waals surface area contributed by atoms with Crippen molar-refractivity contribution in [1.82, 2.24) is 5.43 Å². The minimum absolute atomic E-state index is 0.143. The highest BCUT2D eigenvalue weighted by Gasteiger charge is 2.14. The first kappa shape index (κ1) is 16.6. The van der Waals surface area contributed by atoms with Gasteiger partial charge in [0.1, 0.15) is 0 Å². The van der Waals surface area contributed by atoms with Gasteiger partial charge in [0.25, 0.3) is 0 Å². The maximum absolute atomic E-state index is 11.4. The number of hydrazone groups is 1. The van der Waals surface area contributed by atoms with Crippen LogP contribution in [0.2, 0.25) is 0 Å². The summed E-state index contributed by atoms with van der Waals surface area (Å²) in [5, 5.41) is 14.7. The molecule has 0 atom stereocenters. The molecule has 0 aromatic heterocycles. The second-order valence-electron chi connectivity index (χ2n) is 4.44. The standard InChI is InChI=1S/C14H19N3O4/c1-3-4-5-6-14(18)16-15-10-11-7-8-13(21-2)12(9-11)17(19)20/h7-10H,3-6H2,1-2H3,(H,16,18)/b15-10+. The third-order valence-electron chi connectivity index (χ3n) is 2.81. The molecule has 0 fully saturated rings. The Morgan fingerprint density at radius 2 is 2.24 bits per heavy atom. The van der Waals surface area contributed by atoms with Crippen molar-refractivity contribution in [2.24, 2.45) is 5.10 Å². The van der Waals surface area contributed by atoms with Crippen LogP contribution in [0.15, 0.2) is 23.3 Å². The Labute approximate surface area is 123 Å². The fourth-order valence-electron chi connectivity index (χ4n) is 1.70. The number of rotatable bonds is 8. The highest BCUT2D eigenvalue weighted by molar-refractivity contribution is 5.83. The SMILES string of the molecule is CCCCCC(=O)N/N=C/c1ccc(OC)c([N+](=O)[O-])c1. The summed E-state index contributed by atoms with van der Waals surface area (Å²) in [7, 11) is 1.37. The molecular formula is C14H19N3O4. The van der Waals surface area contributed by atoms with Crippen LogP contribution in [0.25, 0.3) is 0 Å². The predicted molar refractivity (Wildman–Crippen MR) is 79.5 cm³/mol. The molecule has 7 nitrogen and oxygen atoms in total. The molecule has 0 spiro atoms. The number of nitrogens with zero attached hydrogens (tertiary/aromatic N) is 2. The first-order chi connectivity index (χ1) is 10.1. The lowest BCUT2D eigenvalue weighted by Gasteiger charge is -2.02. The number of ether oxygens (including phenoxy) is 1. The molecule has 0 unspecified atom stereocenters. The average molecular weight is 293 g/mol. The molecule has 1 N–H and O–H groups in total. The Morgan fingerprint density at radius 1 is 1.48 bits per heavy atom. The molecule has 0 aliphatic carbocycles. The Bertz CT molecular complexity index is 529. The predicted octanol–water partition coefficient (Wildman–Crippen LogP) is 2.63. The number of carbonyl (C=O) groups is 1. The number of methoxy groups -OCH3 is 1. The summed E-state index contributed by atoms with van der Waals surface area (Å²) in [6.45, 7) is 2.06. The van der Waals surface area contributed by atoms with Gasteiger partial charge < -0.3 is 4.74 Å². The van der Waals surface area contributed by atoms with Crippen molar-refractivity contribution in [3.8, 4) is 5.75 Å². The van der Waals surface area contributed by atoms with Crippen molar-refractivity contribution in [1.29, 1.82) is 0 Å². The van der Waals surface area contributed by atoms with E-state index in [2.05, 4.69) is 17.5 Å². The Balaban J connectivity index is 2.62. The fourth-order valence-corrected chi connectivity index (χ4v) is 1.70.